The molecule has 0 aromatic heterocycles. The number of phosphoric ester groups is 2. The van der Waals surface area contributed by atoms with Gasteiger partial charge in [-0.1, -0.05) is 452 Å². The Labute approximate surface area is 683 Å². The Morgan fingerprint density at radius 1 is 0.243 bits per heavy atom. The zero-order valence-corrected chi connectivity index (χ0v) is 74.9. The van der Waals surface area contributed by atoms with E-state index in [0.717, 1.165) is 95.8 Å². The molecule has 0 fully saturated rings. The van der Waals surface area contributed by atoms with Crippen molar-refractivity contribution in [2.75, 3.05) is 39.6 Å². The van der Waals surface area contributed by atoms with Gasteiger partial charge in [0.15, 0.2) is 12.2 Å². The van der Waals surface area contributed by atoms with Crippen molar-refractivity contribution in [1.29, 1.82) is 0 Å². The second-order valence-electron chi connectivity index (χ2n) is 33.5. The fraction of sp³-hybridized carbons (Fsp3) is 0.957. The number of phosphoric acid groups is 2. The highest BCUT2D eigenvalue weighted by atomic mass is 31.2. The maximum absolute atomic E-state index is 13.2. The predicted octanol–water partition coefficient (Wildman–Crippen LogP) is 28.7. The molecule has 111 heavy (non-hydrogen) atoms. The van der Waals surface area contributed by atoms with Crippen LogP contribution in [0, 0.1) is 5.92 Å². The quantitative estimate of drug-likeness (QED) is 0.0222. The minimum Gasteiger partial charge on any atom is -0.462 e. The Bertz CT molecular complexity index is 2100. The largest absolute Gasteiger partial charge is 0.472 e. The van der Waals surface area contributed by atoms with E-state index in [-0.39, 0.29) is 25.7 Å². The van der Waals surface area contributed by atoms with Crippen molar-refractivity contribution in [3.05, 3.63) is 0 Å². The molecule has 0 aromatic carbocycles. The van der Waals surface area contributed by atoms with E-state index in [4.69, 9.17) is 37.0 Å². The molecule has 3 N–H and O–H groups in total. The van der Waals surface area contributed by atoms with E-state index in [1.165, 1.54) is 327 Å². The topological polar surface area (TPSA) is 237 Å². The van der Waals surface area contributed by atoms with Gasteiger partial charge in [-0.15, -0.1) is 0 Å². The maximum Gasteiger partial charge on any atom is 0.472 e. The predicted molar refractivity (Wildman–Crippen MR) is 460 cm³/mol. The Kier molecular flexibility index (Phi) is 83.0. The average molecular weight is 1620 g/mol. The Morgan fingerprint density at radius 3 is 0.613 bits per heavy atom. The summed E-state index contributed by atoms with van der Waals surface area (Å²) in [7, 11) is -9.93. The first kappa shape index (κ1) is 109. The van der Waals surface area contributed by atoms with E-state index in [0.29, 0.717) is 25.7 Å². The van der Waals surface area contributed by atoms with Gasteiger partial charge in [0.05, 0.1) is 26.4 Å². The molecular formula is C92H180O17P2. The first-order valence-electron chi connectivity index (χ1n) is 47.6. The number of aliphatic hydroxyl groups is 1. The van der Waals surface area contributed by atoms with Crippen LogP contribution in [0.4, 0.5) is 0 Å². The van der Waals surface area contributed by atoms with Crippen LogP contribution in [0.25, 0.3) is 0 Å². The molecule has 660 valence electrons. The lowest BCUT2D eigenvalue weighted by atomic mass is 10.0. The highest BCUT2D eigenvalue weighted by molar-refractivity contribution is 7.47. The van der Waals surface area contributed by atoms with Gasteiger partial charge >= 0.3 is 39.5 Å². The van der Waals surface area contributed by atoms with Crippen LogP contribution in [0.5, 0.6) is 0 Å². The fourth-order valence-electron chi connectivity index (χ4n) is 14.5. The van der Waals surface area contributed by atoms with E-state index in [1.54, 1.807) is 0 Å². The third-order valence-electron chi connectivity index (χ3n) is 21.8. The van der Waals surface area contributed by atoms with Gasteiger partial charge in [-0.3, -0.25) is 37.3 Å². The first-order chi connectivity index (χ1) is 54.0. The number of unbranched alkanes of at least 4 members (excludes halogenated alkanes) is 64. The normalized spacial score (nSPS) is 13.7. The second kappa shape index (κ2) is 84.5. The number of aliphatic hydroxyl groups excluding tert-OH is 1. The van der Waals surface area contributed by atoms with Gasteiger partial charge in [0.1, 0.15) is 19.3 Å². The summed E-state index contributed by atoms with van der Waals surface area (Å²) in [5, 5.41) is 10.7. The first-order valence-corrected chi connectivity index (χ1v) is 50.6. The van der Waals surface area contributed by atoms with Crippen molar-refractivity contribution >= 4 is 39.5 Å². The molecule has 5 atom stereocenters. The van der Waals surface area contributed by atoms with Crippen molar-refractivity contribution in [2.45, 2.75) is 522 Å². The average Bonchev–Trinajstić information content (AvgIpc) is 0.900. The molecule has 0 heterocycles. The van der Waals surface area contributed by atoms with Crippen LogP contribution in [-0.2, 0) is 65.4 Å². The number of ether oxygens (including phenoxy) is 4. The molecule has 19 heteroatoms. The monoisotopic (exact) mass is 1620 g/mol. The maximum atomic E-state index is 13.2. The lowest BCUT2D eigenvalue weighted by Gasteiger charge is -2.21. The van der Waals surface area contributed by atoms with Crippen molar-refractivity contribution in [2.24, 2.45) is 5.92 Å². The fourth-order valence-corrected chi connectivity index (χ4v) is 16.1. The molecule has 0 spiro atoms. The highest BCUT2D eigenvalue weighted by Gasteiger charge is 2.31. The zero-order valence-electron chi connectivity index (χ0n) is 73.1. The van der Waals surface area contributed by atoms with Gasteiger partial charge in [0.25, 0.3) is 0 Å². The van der Waals surface area contributed by atoms with Gasteiger partial charge in [-0.05, 0) is 31.6 Å². The zero-order chi connectivity index (χ0) is 81.1. The number of rotatable bonds is 92. The van der Waals surface area contributed by atoms with Crippen LogP contribution in [0.15, 0.2) is 0 Å². The number of carbonyl (C=O) groups is 4. The summed E-state index contributed by atoms with van der Waals surface area (Å²) >= 11 is 0. The minimum atomic E-state index is -4.97. The van der Waals surface area contributed by atoms with E-state index in [1.807, 2.05) is 0 Å². The van der Waals surface area contributed by atoms with Crippen LogP contribution in [0.2, 0.25) is 0 Å². The molecule has 0 saturated carbocycles. The number of hydrogen-bond donors (Lipinski definition) is 3. The summed E-state index contributed by atoms with van der Waals surface area (Å²) in [5.74, 6) is -1.27. The van der Waals surface area contributed by atoms with E-state index >= 15 is 0 Å². The summed E-state index contributed by atoms with van der Waals surface area (Å²) < 4.78 is 69.1. The van der Waals surface area contributed by atoms with E-state index in [2.05, 4.69) is 34.6 Å². The SMILES string of the molecule is CCCCCCCCCCCCCCCCCCCCCCCCC(=O)O[C@H](COC(=O)CCCCCCCCCCCCCCCCCCCCC(C)C)COP(=O)(O)OC[C@@H](O)COP(=O)(O)OC[C@@H](COC(=O)CCCCCCCCCCCC)OC(=O)CCCCCCCCCCCCCCCCCCCC. The number of esters is 4. The van der Waals surface area contributed by atoms with Crippen LogP contribution < -0.4 is 0 Å². The van der Waals surface area contributed by atoms with Crippen molar-refractivity contribution in [1.82, 2.24) is 0 Å². The molecule has 17 nitrogen and oxygen atoms in total. The van der Waals surface area contributed by atoms with Crippen molar-refractivity contribution in [3.63, 3.8) is 0 Å². The molecule has 0 aromatic rings. The van der Waals surface area contributed by atoms with Crippen LogP contribution in [-0.4, -0.2) is 96.7 Å². The van der Waals surface area contributed by atoms with Crippen LogP contribution >= 0.6 is 15.6 Å². The number of carbonyl (C=O) groups excluding carboxylic acids is 4. The summed E-state index contributed by atoms with van der Waals surface area (Å²) in [4.78, 5) is 73.4. The molecule has 0 aliphatic heterocycles. The lowest BCUT2D eigenvalue weighted by molar-refractivity contribution is -0.161. The Balaban J connectivity index is 5.21. The van der Waals surface area contributed by atoms with Crippen LogP contribution in [0.1, 0.15) is 503 Å². The molecular weight excluding hydrogens is 1440 g/mol. The highest BCUT2D eigenvalue weighted by Crippen LogP contribution is 2.45. The molecule has 0 amide bonds. The molecule has 0 bridgehead atoms. The summed E-state index contributed by atoms with van der Waals surface area (Å²) in [6.07, 6.45) is 80.7. The summed E-state index contributed by atoms with van der Waals surface area (Å²) in [6, 6.07) is 0. The lowest BCUT2D eigenvalue weighted by Crippen LogP contribution is -2.30. The second-order valence-corrected chi connectivity index (χ2v) is 36.4. The van der Waals surface area contributed by atoms with Gasteiger partial charge in [0.2, 0.25) is 0 Å². The smallest absolute Gasteiger partial charge is 0.462 e. The molecule has 2 unspecified atom stereocenters. The van der Waals surface area contributed by atoms with Crippen molar-refractivity contribution in [3.8, 4) is 0 Å². The summed E-state index contributed by atoms with van der Waals surface area (Å²) in [5.41, 5.74) is 0. The third-order valence-corrected chi connectivity index (χ3v) is 23.7. The molecule has 0 aliphatic carbocycles. The van der Waals surface area contributed by atoms with Crippen LogP contribution in [0.3, 0.4) is 0 Å². The molecule has 0 rings (SSSR count). The van der Waals surface area contributed by atoms with E-state index < -0.39 is 97.5 Å². The van der Waals surface area contributed by atoms with Gasteiger partial charge in [-0.25, -0.2) is 9.13 Å². The number of hydrogen-bond acceptors (Lipinski definition) is 15. The van der Waals surface area contributed by atoms with Crippen molar-refractivity contribution < 1.29 is 80.2 Å². The van der Waals surface area contributed by atoms with Gasteiger partial charge < -0.3 is 33.8 Å². The minimum absolute atomic E-state index is 0.109. The summed E-state index contributed by atoms with van der Waals surface area (Å²) in [6.45, 7) is 7.43. The van der Waals surface area contributed by atoms with Gasteiger partial charge in [-0.2, -0.15) is 0 Å². The van der Waals surface area contributed by atoms with Gasteiger partial charge in [0, 0.05) is 25.7 Å². The third kappa shape index (κ3) is 85.8. The molecule has 0 radical (unpaired) electrons. The Morgan fingerprint density at radius 2 is 0.414 bits per heavy atom. The standard InChI is InChI=1S/C92H180O17P2/c1-6-9-12-15-18-21-24-26-28-30-32-33-34-35-41-45-49-53-58-63-68-73-78-92(97)109-88(82-103-90(95)76-71-66-61-56-51-47-43-40-37-36-38-42-46-50-54-59-64-69-74-85(4)5)84-107-111(100,101)105-80-86(93)79-104-110(98,99)106-83-87(81-102-89(94)75-70-65-60-55-23-20-17-14-11-8-3)108-91(96)77-72-67-62-57-52-48-44-39-31-29-27-25-22-19-16-13-10-7-2/h85-88,93H,6-84H2,1-5H3,(H,98,99)(H,100,101)/t86-,87+,88+/m0/s1. The molecule has 0 aliphatic rings. The Hall–Kier alpha value is -1.94. The van der Waals surface area contributed by atoms with E-state index in [9.17, 15) is 43.2 Å². The molecule has 0 saturated heterocycles.